The van der Waals surface area contributed by atoms with E-state index in [2.05, 4.69) is 54.5 Å². The van der Waals surface area contributed by atoms with Crippen molar-refractivity contribution < 1.29 is 0 Å². The number of likely N-dealkylation sites (N-methyl/N-ethyl adjacent to an activating group) is 1. The summed E-state index contributed by atoms with van der Waals surface area (Å²) >= 11 is 0. The third-order valence-corrected chi connectivity index (χ3v) is 2.12. The summed E-state index contributed by atoms with van der Waals surface area (Å²) in [5.41, 5.74) is 2.47. The Balaban J connectivity index is 2.60. The van der Waals surface area contributed by atoms with E-state index in [9.17, 15) is 0 Å². The summed E-state index contributed by atoms with van der Waals surface area (Å²) in [6.45, 7) is 3.04. The van der Waals surface area contributed by atoms with E-state index in [1.807, 2.05) is 13.2 Å². The SMILES string of the molecule is CN/C=C(C)/C=C\C1=CN(C)CN1C. The zero-order valence-corrected chi connectivity index (χ0v) is 9.41. The molecule has 1 aliphatic heterocycles. The van der Waals surface area contributed by atoms with Crippen molar-refractivity contribution in [3.63, 3.8) is 0 Å². The van der Waals surface area contributed by atoms with Crippen LogP contribution in [0.1, 0.15) is 6.92 Å². The molecule has 0 saturated heterocycles. The van der Waals surface area contributed by atoms with Gasteiger partial charge < -0.3 is 15.1 Å². The minimum absolute atomic E-state index is 0.967. The second-order valence-corrected chi connectivity index (χ2v) is 3.66. The van der Waals surface area contributed by atoms with Crippen molar-refractivity contribution in [2.24, 2.45) is 0 Å². The van der Waals surface area contributed by atoms with Crippen LogP contribution in [0.4, 0.5) is 0 Å². The van der Waals surface area contributed by atoms with Crippen molar-refractivity contribution in [2.75, 3.05) is 27.8 Å². The van der Waals surface area contributed by atoms with Gasteiger partial charge in [-0.05, 0) is 24.8 Å². The van der Waals surface area contributed by atoms with Crippen molar-refractivity contribution >= 4 is 0 Å². The molecule has 3 heteroatoms. The van der Waals surface area contributed by atoms with E-state index in [1.165, 1.54) is 11.3 Å². The maximum absolute atomic E-state index is 3.01. The molecule has 1 heterocycles. The van der Waals surface area contributed by atoms with Gasteiger partial charge in [0.1, 0.15) is 0 Å². The van der Waals surface area contributed by atoms with Crippen molar-refractivity contribution in [3.05, 3.63) is 35.8 Å². The van der Waals surface area contributed by atoms with Crippen LogP contribution in [-0.2, 0) is 0 Å². The number of hydrogen-bond acceptors (Lipinski definition) is 3. The first-order valence-electron chi connectivity index (χ1n) is 4.79. The highest BCUT2D eigenvalue weighted by Crippen LogP contribution is 2.13. The van der Waals surface area contributed by atoms with Crippen LogP contribution in [0.25, 0.3) is 0 Å². The normalized spacial score (nSPS) is 18.0. The van der Waals surface area contributed by atoms with E-state index in [1.54, 1.807) is 0 Å². The van der Waals surface area contributed by atoms with E-state index < -0.39 is 0 Å². The van der Waals surface area contributed by atoms with E-state index in [0.29, 0.717) is 0 Å². The fraction of sp³-hybridized carbons (Fsp3) is 0.455. The first-order chi connectivity index (χ1) is 6.63. The van der Waals surface area contributed by atoms with Crippen LogP contribution in [0.5, 0.6) is 0 Å². The molecule has 0 radical (unpaired) electrons. The molecule has 0 spiro atoms. The molecule has 0 aromatic rings. The molecule has 0 unspecified atom stereocenters. The average Bonchev–Trinajstić information content (AvgIpc) is 2.42. The molecule has 1 rings (SSSR count). The average molecular weight is 193 g/mol. The van der Waals surface area contributed by atoms with E-state index in [-0.39, 0.29) is 0 Å². The van der Waals surface area contributed by atoms with Gasteiger partial charge in [0.2, 0.25) is 0 Å². The second-order valence-electron chi connectivity index (χ2n) is 3.66. The smallest absolute Gasteiger partial charge is 0.0893 e. The lowest BCUT2D eigenvalue weighted by Gasteiger charge is -2.14. The Morgan fingerprint density at radius 1 is 1.50 bits per heavy atom. The summed E-state index contributed by atoms with van der Waals surface area (Å²) in [7, 11) is 6.08. The lowest BCUT2D eigenvalue weighted by Crippen LogP contribution is -2.19. The van der Waals surface area contributed by atoms with Gasteiger partial charge in [0, 0.05) is 27.3 Å². The minimum atomic E-state index is 0.967. The van der Waals surface area contributed by atoms with Gasteiger partial charge >= 0.3 is 0 Å². The van der Waals surface area contributed by atoms with Crippen molar-refractivity contribution in [2.45, 2.75) is 6.92 Å². The summed E-state index contributed by atoms with van der Waals surface area (Å²) in [5, 5.41) is 3.01. The van der Waals surface area contributed by atoms with Gasteiger partial charge in [0.25, 0.3) is 0 Å². The van der Waals surface area contributed by atoms with E-state index >= 15 is 0 Å². The van der Waals surface area contributed by atoms with Gasteiger partial charge in [-0.15, -0.1) is 0 Å². The summed E-state index contributed by atoms with van der Waals surface area (Å²) in [5.74, 6) is 0. The molecule has 14 heavy (non-hydrogen) atoms. The molecule has 1 aliphatic rings. The van der Waals surface area contributed by atoms with Crippen LogP contribution in [0, 0.1) is 0 Å². The minimum Gasteiger partial charge on any atom is -0.394 e. The van der Waals surface area contributed by atoms with Gasteiger partial charge in [0.15, 0.2) is 0 Å². The molecule has 0 atom stereocenters. The standard InChI is InChI=1S/C11H19N3/c1-10(7-12-2)5-6-11-8-13(3)9-14(11)4/h5-8,12H,9H2,1-4H3/b6-5-,10-7+. The van der Waals surface area contributed by atoms with E-state index in [4.69, 9.17) is 0 Å². The largest absolute Gasteiger partial charge is 0.394 e. The van der Waals surface area contributed by atoms with Gasteiger partial charge in [-0.3, -0.25) is 0 Å². The molecule has 3 nitrogen and oxygen atoms in total. The summed E-state index contributed by atoms with van der Waals surface area (Å²) in [6.07, 6.45) is 8.36. The molecular weight excluding hydrogens is 174 g/mol. The number of nitrogens with one attached hydrogen (secondary N) is 1. The monoisotopic (exact) mass is 193 g/mol. The summed E-state index contributed by atoms with van der Waals surface area (Å²) in [6, 6.07) is 0. The maximum atomic E-state index is 3.01. The Morgan fingerprint density at radius 2 is 2.21 bits per heavy atom. The third-order valence-electron chi connectivity index (χ3n) is 2.12. The summed E-state index contributed by atoms with van der Waals surface area (Å²) < 4.78 is 0. The Hall–Kier alpha value is -1.38. The zero-order chi connectivity index (χ0) is 10.6. The second kappa shape index (κ2) is 4.74. The van der Waals surface area contributed by atoms with Crippen LogP contribution < -0.4 is 5.32 Å². The fourth-order valence-corrected chi connectivity index (χ4v) is 1.44. The molecule has 0 aromatic heterocycles. The molecule has 0 fully saturated rings. The molecule has 0 bridgehead atoms. The third kappa shape index (κ3) is 2.83. The topological polar surface area (TPSA) is 18.5 Å². The molecule has 0 saturated carbocycles. The van der Waals surface area contributed by atoms with Gasteiger partial charge in [0.05, 0.1) is 12.4 Å². The molecule has 78 valence electrons. The Morgan fingerprint density at radius 3 is 2.71 bits per heavy atom. The number of rotatable bonds is 3. The summed E-state index contributed by atoms with van der Waals surface area (Å²) in [4.78, 5) is 4.37. The molecule has 0 aliphatic carbocycles. The van der Waals surface area contributed by atoms with Crippen LogP contribution in [-0.4, -0.2) is 37.6 Å². The molecular formula is C11H19N3. The Labute approximate surface area is 86.4 Å². The van der Waals surface area contributed by atoms with Gasteiger partial charge in [-0.1, -0.05) is 6.08 Å². The Bertz CT molecular complexity index is 276. The zero-order valence-electron chi connectivity index (χ0n) is 9.41. The quantitative estimate of drug-likeness (QED) is 0.682. The highest BCUT2D eigenvalue weighted by molar-refractivity contribution is 5.26. The van der Waals surface area contributed by atoms with Crippen LogP contribution in [0.15, 0.2) is 35.8 Å². The van der Waals surface area contributed by atoms with Gasteiger partial charge in [-0.2, -0.15) is 0 Å². The fourth-order valence-electron chi connectivity index (χ4n) is 1.44. The first-order valence-corrected chi connectivity index (χ1v) is 4.79. The predicted molar refractivity (Wildman–Crippen MR) is 60.4 cm³/mol. The number of hydrogen-bond donors (Lipinski definition) is 1. The van der Waals surface area contributed by atoms with Crippen molar-refractivity contribution in [3.8, 4) is 0 Å². The number of allylic oxidation sites excluding steroid dienone is 3. The van der Waals surface area contributed by atoms with Crippen LogP contribution in [0.2, 0.25) is 0 Å². The van der Waals surface area contributed by atoms with Crippen LogP contribution in [0.3, 0.4) is 0 Å². The van der Waals surface area contributed by atoms with E-state index in [0.717, 1.165) is 6.67 Å². The lowest BCUT2D eigenvalue weighted by molar-refractivity contribution is 0.331. The van der Waals surface area contributed by atoms with Crippen LogP contribution >= 0.6 is 0 Å². The number of nitrogens with zero attached hydrogens (tertiary/aromatic N) is 2. The van der Waals surface area contributed by atoms with Crippen molar-refractivity contribution in [1.82, 2.24) is 15.1 Å². The molecule has 0 aromatic carbocycles. The molecule has 0 amide bonds. The maximum Gasteiger partial charge on any atom is 0.0893 e. The van der Waals surface area contributed by atoms with Crippen molar-refractivity contribution in [1.29, 1.82) is 0 Å². The lowest BCUT2D eigenvalue weighted by atomic mass is 10.2. The highest BCUT2D eigenvalue weighted by atomic mass is 15.3. The Kier molecular flexibility index (Phi) is 3.63. The van der Waals surface area contributed by atoms with Gasteiger partial charge in [-0.25, -0.2) is 0 Å². The highest BCUT2D eigenvalue weighted by Gasteiger charge is 2.10. The predicted octanol–water partition coefficient (Wildman–Crippen LogP) is 1.34. The molecule has 1 N–H and O–H groups in total. The first kappa shape index (κ1) is 10.7.